The highest BCUT2D eigenvalue weighted by atomic mass is 35.5. The van der Waals surface area contributed by atoms with Crippen LogP contribution in [-0.2, 0) is 0 Å². The Bertz CT molecular complexity index is 733. The number of halogens is 1. The number of H-pyrrole nitrogens is 1. The molecule has 0 aliphatic carbocycles. The molecule has 0 saturated heterocycles. The first-order valence-electron chi connectivity index (χ1n) is 6.28. The topological polar surface area (TPSA) is 28.7 Å². The van der Waals surface area contributed by atoms with E-state index in [1.54, 1.807) is 0 Å². The predicted octanol–water partition coefficient (Wildman–Crippen LogP) is 4.81. The van der Waals surface area contributed by atoms with Gasteiger partial charge in [0.05, 0.1) is 11.0 Å². The van der Waals surface area contributed by atoms with E-state index in [9.17, 15) is 0 Å². The summed E-state index contributed by atoms with van der Waals surface area (Å²) in [7, 11) is 0. The maximum absolute atomic E-state index is 6.17. The van der Waals surface area contributed by atoms with Gasteiger partial charge in [0.15, 0.2) is 0 Å². The molecule has 1 heterocycles. The highest BCUT2D eigenvalue weighted by molar-refractivity contribution is 6.31. The molecular weight excluding hydrogens is 256 g/mol. The van der Waals surface area contributed by atoms with Gasteiger partial charge in [-0.2, -0.15) is 0 Å². The van der Waals surface area contributed by atoms with E-state index in [4.69, 9.17) is 11.6 Å². The van der Waals surface area contributed by atoms with Crippen molar-refractivity contribution in [2.45, 2.75) is 20.8 Å². The average molecular weight is 271 g/mol. The Morgan fingerprint density at radius 2 is 1.68 bits per heavy atom. The average Bonchev–Trinajstić information content (AvgIpc) is 2.76. The van der Waals surface area contributed by atoms with Crippen LogP contribution in [0.1, 0.15) is 16.7 Å². The number of benzene rings is 2. The van der Waals surface area contributed by atoms with Crippen molar-refractivity contribution >= 4 is 22.6 Å². The van der Waals surface area contributed by atoms with Gasteiger partial charge in [0.2, 0.25) is 0 Å². The van der Waals surface area contributed by atoms with Crippen molar-refractivity contribution in [2.24, 2.45) is 0 Å². The van der Waals surface area contributed by atoms with Crippen LogP contribution in [0.15, 0.2) is 30.3 Å². The van der Waals surface area contributed by atoms with Gasteiger partial charge in [-0.15, -0.1) is 0 Å². The summed E-state index contributed by atoms with van der Waals surface area (Å²) in [4.78, 5) is 8.00. The molecule has 3 heteroatoms. The van der Waals surface area contributed by atoms with Gasteiger partial charge in [0.25, 0.3) is 0 Å². The van der Waals surface area contributed by atoms with Gasteiger partial charge in [-0.3, -0.25) is 0 Å². The number of aryl methyl sites for hydroxylation is 3. The summed E-state index contributed by atoms with van der Waals surface area (Å²) < 4.78 is 0. The minimum Gasteiger partial charge on any atom is -0.338 e. The van der Waals surface area contributed by atoms with Gasteiger partial charge in [-0.05, 0) is 55.7 Å². The molecule has 0 radical (unpaired) electrons. The summed E-state index contributed by atoms with van der Waals surface area (Å²) >= 11 is 6.17. The van der Waals surface area contributed by atoms with Crippen molar-refractivity contribution in [1.29, 1.82) is 0 Å². The molecule has 3 aromatic rings. The van der Waals surface area contributed by atoms with E-state index in [0.29, 0.717) is 0 Å². The molecule has 3 rings (SSSR count). The van der Waals surface area contributed by atoms with Crippen molar-refractivity contribution in [3.63, 3.8) is 0 Å². The summed E-state index contributed by atoms with van der Waals surface area (Å²) in [6.07, 6.45) is 0. The Balaban J connectivity index is 2.17. The molecule has 0 fully saturated rings. The lowest BCUT2D eigenvalue weighted by Gasteiger charge is -2.00. The Hall–Kier alpha value is -1.80. The van der Waals surface area contributed by atoms with E-state index in [2.05, 4.69) is 35.9 Å². The first-order valence-corrected chi connectivity index (χ1v) is 6.66. The van der Waals surface area contributed by atoms with E-state index in [1.165, 1.54) is 11.1 Å². The fourth-order valence-corrected chi connectivity index (χ4v) is 2.33. The van der Waals surface area contributed by atoms with E-state index in [1.807, 2.05) is 25.1 Å². The quantitative estimate of drug-likeness (QED) is 0.675. The SMILES string of the molecule is Cc1cc2nc(-c3ccc(C)c(Cl)c3)[nH]c2cc1C. The number of nitrogens with one attached hydrogen (secondary N) is 1. The molecule has 19 heavy (non-hydrogen) atoms. The zero-order valence-electron chi connectivity index (χ0n) is 11.2. The third-order valence-corrected chi connectivity index (χ3v) is 3.95. The van der Waals surface area contributed by atoms with Crippen LogP contribution in [0.4, 0.5) is 0 Å². The van der Waals surface area contributed by atoms with Gasteiger partial charge >= 0.3 is 0 Å². The minimum absolute atomic E-state index is 0.769. The lowest BCUT2D eigenvalue weighted by atomic mass is 10.1. The maximum Gasteiger partial charge on any atom is 0.138 e. The van der Waals surface area contributed by atoms with Crippen LogP contribution in [0.2, 0.25) is 5.02 Å². The van der Waals surface area contributed by atoms with Crippen LogP contribution in [0, 0.1) is 20.8 Å². The summed E-state index contributed by atoms with van der Waals surface area (Å²) in [5, 5.41) is 0.769. The molecule has 2 aromatic carbocycles. The Morgan fingerprint density at radius 3 is 2.42 bits per heavy atom. The van der Waals surface area contributed by atoms with Crippen LogP contribution < -0.4 is 0 Å². The molecular formula is C16H15ClN2. The Morgan fingerprint density at radius 1 is 0.947 bits per heavy atom. The first-order chi connectivity index (χ1) is 9.04. The van der Waals surface area contributed by atoms with Crippen molar-refractivity contribution in [3.8, 4) is 11.4 Å². The fraction of sp³-hybridized carbons (Fsp3) is 0.188. The van der Waals surface area contributed by atoms with Crippen LogP contribution in [0.3, 0.4) is 0 Å². The van der Waals surface area contributed by atoms with Gasteiger partial charge < -0.3 is 4.98 Å². The predicted molar refractivity (Wildman–Crippen MR) is 80.8 cm³/mol. The highest BCUT2D eigenvalue weighted by Gasteiger charge is 2.08. The molecule has 0 atom stereocenters. The lowest BCUT2D eigenvalue weighted by molar-refractivity contribution is 1.33. The molecule has 0 unspecified atom stereocenters. The number of hydrogen-bond donors (Lipinski definition) is 1. The zero-order chi connectivity index (χ0) is 13.6. The maximum atomic E-state index is 6.17. The van der Waals surface area contributed by atoms with E-state index < -0.39 is 0 Å². The molecule has 1 aromatic heterocycles. The lowest BCUT2D eigenvalue weighted by Crippen LogP contribution is -1.82. The second-order valence-corrected chi connectivity index (χ2v) is 5.41. The largest absolute Gasteiger partial charge is 0.338 e. The standard InChI is InChI=1S/C16H15ClN2/c1-9-4-5-12(8-13(9)17)16-18-14-6-10(2)11(3)7-15(14)19-16/h4-8H,1-3H3,(H,18,19). The third kappa shape index (κ3) is 2.13. The number of hydrogen-bond acceptors (Lipinski definition) is 1. The van der Waals surface area contributed by atoms with E-state index in [-0.39, 0.29) is 0 Å². The summed E-state index contributed by atoms with van der Waals surface area (Å²) in [5.41, 5.74) is 6.68. The summed E-state index contributed by atoms with van der Waals surface area (Å²) in [6.45, 7) is 6.21. The highest BCUT2D eigenvalue weighted by Crippen LogP contribution is 2.26. The van der Waals surface area contributed by atoms with Gasteiger partial charge in [0.1, 0.15) is 5.82 Å². The molecule has 0 bridgehead atoms. The minimum atomic E-state index is 0.769. The number of aromatic nitrogens is 2. The Labute approximate surface area is 117 Å². The van der Waals surface area contributed by atoms with Crippen molar-refractivity contribution in [1.82, 2.24) is 9.97 Å². The van der Waals surface area contributed by atoms with Gasteiger partial charge in [0, 0.05) is 10.6 Å². The molecule has 1 N–H and O–H groups in total. The van der Waals surface area contributed by atoms with Crippen LogP contribution in [-0.4, -0.2) is 9.97 Å². The Kier molecular flexibility index (Phi) is 2.83. The first kappa shape index (κ1) is 12.2. The molecule has 96 valence electrons. The monoisotopic (exact) mass is 270 g/mol. The number of fused-ring (bicyclic) bond motifs is 1. The second kappa shape index (κ2) is 4.39. The number of aromatic amines is 1. The zero-order valence-corrected chi connectivity index (χ0v) is 12.0. The second-order valence-electron chi connectivity index (χ2n) is 5.00. The number of rotatable bonds is 1. The van der Waals surface area contributed by atoms with Crippen molar-refractivity contribution in [2.75, 3.05) is 0 Å². The third-order valence-electron chi connectivity index (χ3n) is 3.54. The van der Waals surface area contributed by atoms with Crippen molar-refractivity contribution in [3.05, 3.63) is 52.0 Å². The van der Waals surface area contributed by atoms with Gasteiger partial charge in [-0.1, -0.05) is 23.7 Å². The van der Waals surface area contributed by atoms with Crippen molar-refractivity contribution < 1.29 is 0 Å². The van der Waals surface area contributed by atoms with Gasteiger partial charge in [-0.25, -0.2) is 4.98 Å². The molecule has 2 nitrogen and oxygen atoms in total. The number of imidazole rings is 1. The smallest absolute Gasteiger partial charge is 0.138 e. The molecule has 0 amide bonds. The van der Waals surface area contributed by atoms with Crippen LogP contribution in [0.5, 0.6) is 0 Å². The van der Waals surface area contributed by atoms with E-state index >= 15 is 0 Å². The molecule has 0 aliphatic rings. The molecule has 0 aliphatic heterocycles. The number of nitrogens with zero attached hydrogens (tertiary/aromatic N) is 1. The van der Waals surface area contributed by atoms with E-state index in [0.717, 1.165) is 33.0 Å². The van der Waals surface area contributed by atoms with Crippen LogP contribution >= 0.6 is 11.6 Å². The molecule has 0 spiro atoms. The summed E-state index contributed by atoms with van der Waals surface area (Å²) in [5.74, 6) is 0.863. The molecule has 0 saturated carbocycles. The summed E-state index contributed by atoms with van der Waals surface area (Å²) in [6, 6.07) is 10.3. The van der Waals surface area contributed by atoms with Crippen LogP contribution in [0.25, 0.3) is 22.4 Å². The fourth-order valence-electron chi connectivity index (χ4n) is 2.15. The normalized spacial score (nSPS) is 11.2.